The molecule has 0 spiro atoms. The van der Waals surface area contributed by atoms with Gasteiger partial charge in [0.05, 0.1) is 18.3 Å². The summed E-state index contributed by atoms with van der Waals surface area (Å²) in [7, 11) is 0. The van der Waals surface area contributed by atoms with Crippen LogP contribution >= 0.6 is 0 Å². The molecule has 146 valence electrons. The average Bonchev–Trinajstić information content (AvgIpc) is 2.99. The molecule has 1 saturated heterocycles. The van der Waals surface area contributed by atoms with Crippen molar-refractivity contribution in [1.82, 2.24) is 14.7 Å². The summed E-state index contributed by atoms with van der Waals surface area (Å²) in [6, 6.07) is 9.96. The monoisotopic (exact) mass is 370 g/mol. The number of rotatable bonds is 7. The van der Waals surface area contributed by atoms with Gasteiger partial charge in [-0.05, 0) is 63.4 Å². The number of ether oxygens (including phenoxy) is 1. The largest absolute Gasteiger partial charge is 0.378 e. The van der Waals surface area contributed by atoms with Crippen molar-refractivity contribution < 1.29 is 9.53 Å². The van der Waals surface area contributed by atoms with Gasteiger partial charge in [-0.3, -0.25) is 9.48 Å². The second kappa shape index (κ2) is 9.15. The summed E-state index contributed by atoms with van der Waals surface area (Å²) in [6.45, 7) is 7.65. The molecular weight excluding hydrogens is 340 g/mol. The van der Waals surface area contributed by atoms with E-state index in [1.54, 1.807) is 0 Å². The molecule has 6 nitrogen and oxygen atoms in total. The van der Waals surface area contributed by atoms with Crippen LogP contribution in [-0.4, -0.2) is 52.9 Å². The number of likely N-dealkylation sites (tertiary alicyclic amines) is 1. The Morgan fingerprint density at radius 3 is 2.52 bits per heavy atom. The van der Waals surface area contributed by atoms with Crippen molar-refractivity contribution in [2.75, 3.05) is 26.2 Å². The number of hydrogen-bond acceptors (Lipinski definition) is 4. The van der Waals surface area contributed by atoms with Crippen LogP contribution in [0.2, 0.25) is 0 Å². The Labute approximate surface area is 161 Å². The summed E-state index contributed by atoms with van der Waals surface area (Å²) in [4.78, 5) is 14.7. The van der Waals surface area contributed by atoms with E-state index in [1.807, 2.05) is 40.8 Å². The van der Waals surface area contributed by atoms with Gasteiger partial charge in [-0.25, -0.2) is 0 Å². The molecule has 1 amide bonds. The number of piperidine rings is 1. The number of nitrogens with two attached hydrogens (primary N) is 1. The Bertz CT molecular complexity index is 746. The van der Waals surface area contributed by atoms with Crippen LogP contribution in [0.4, 0.5) is 0 Å². The number of hydrogen-bond donors (Lipinski definition) is 1. The van der Waals surface area contributed by atoms with Gasteiger partial charge in [0.15, 0.2) is 0 Å². The average molecular weight is 370 g/mol. The van der Waals surface area contributed by atoms with E-state index in [1.165, 1.54) is 0 Å². The van der Waals surface area contributed by atoms with Crippen LogP contribution in [-0.2, 0) is 11.3 Å². The smallest absolute Gasteiger partial charge is 0.253 e. The number of nitrogens with zero attached hydrogens (tertiary/aromatic N) is 3. The number of carbonyl (C=O) groups is 1. The molecule has 0 bridgehead atoms. The van der Waals surface area contributed by atoms with Crippen molar-refractivity contribution in [3.05, 3.63) is 52.8 Å². The first-order valence-electron chi connectivity index (χ1n) is 9.78. The topological polar surface area (TPSA) is 73.4 Å². The zero-order valence-corrected chi connectivity index (χ0v) is 16.4. The summed E-state index contributed by atoms with van der Waals surface area (Å²) in [5, 5.41) is 4.49. The fourth-order valence-electron chi connectivity index (χ4n) is 3.50. The van der Waals surface area contributed by atoms with Crippen molar-refractivity contribution in [1.29, 1.82) is 0 Å². The Balaban J connectivity index is 1.53. The van der Waals surface area contributed by atoms with Crippen LogP contribution in [0.1, 0.15) is 46.6 Å². The summed E-state index contributed by atoms with van der Waals surface area (Å²) < 4.78 is 7.80. The van der Waals surface area contributed by atoms with E-state index < -0.39 is 0 Å². The van der Waals surface area contributed by atoms with E-state index in [9.17, 15) is 4.79 Å². The highest BCUT2D eigenvalue weighted by Gasteiger charge is 2.23. The molecule has 6 heteroatoms. The molecule has 0 radical (unpaired) electrons. The SMILES string of the molecule is Cc1cc(C)n(Cc2ccc(C(=O)N3CCC(OCCCN)CC3)cc2)n1. The van der Waals surface area contributed by atoms with Gasteiger partial charge in [0.25, 0.3) is 5.91 Å². The number of carbonyl (C=O) groups excluding carboxylic acids is 1. The van der Waals surface area contributed by atoms with Gasteiger partial charge in [-0.2, -0.15) is 5.10 Å². The first kappa shape index (κ1) is 19.6. The van der Waals surface area contributed by atoms with E-state index in [2.05, 4.69) is 18.1 Å². The maximum atomic E-state index is 12.7. The normalized spacial score (nSPS) is 15.3. The number of aryl methyl sites for hydroxylation is 2. The lowest BCUT2D eigenvalue weighted by molar-refractivity contribution is 0.00844. The third-order valence-corrected chi connectivity index (χ3v) is 5.07. The molecule has 1 aliphatic rings. The highest BCUT2D eigenvalue weighted by atomic mass is 16.5. The maximum absolute atomic E-state index is 12.7. The summed E-state index contributed by atoms with van der Waals surface area (Å²) in [5.74, 6) is 0.105. The molecule has 0 atom stereocenters. The Morgan fingerprint density at radius 2 is 1.93 bits per heavy atom. The maximum Gasteiger partial charge on any atom is 0.253 e. The minimum Gasteiger partial charge on any atom is -0.378 e. The van der Waals surface area contributed by atoms with Crippen molar-refractivity contribution >= 4 is 5.91 Å². The zero-order valence-electron chi connectivity index (χ0n) is 16.4. The molecule has 0 saturated carbocycles. The van der Waals surface area contributed by atoms with E-state index in [0.717, 1.165) is 61.4 Å². The van der Waals surface area contributed by atoms with E-state index in [0.29, 0.717) is 13.2 Å². The van der Waals surface area contributed by atoms with Gasteiger partial charge < -0.3 is 15.4 Å². The fraction of sp³-hybridized carbons (Fsp3) is 0.524. The molecule has 1 aliphatic heterocycles. The van der Waals surface area contributed by atoms with Crippen molar-refractivity contribution in [2.45, 2.75) is 45.8 Å². The van der Waals surface area contributed by atoms with Crippen LogP contribution in [0.15, 0.2) is 30.3 Å². The highest BCUT2D eigenvalue weighted by molar-refractivity contribution is 5.94. The second-order valence-electron chi connectivity index (χ2n) is 7.29. The quantitative estimate of drug-likeness (QED) is 0.760. The van der Waals surface area contributed by atoms with Crippen molar-refractivity contribution in [3.8, 4) is 0 Å². The number of amides is 1. The second-order valence-corrected chi connectivity index (χ2v) is 7.29. The standard InChI is InChI=1S/C21H30N4O2/c1-16-14-17(2)25(23-16)15-18-4-6-19(7-5-18)21(26)24-11-8-20(9-12-24)27-13-3-10-22/h4-7,14,20H,3,8-13,15,22H2,1-2H3. The van der Waals surface area contributed by atoms with Crippen LogP contribution in [0.25, 0.3) is 0 Å². The molecule has 2 N–H and O–H groups in total. The first-order chi connectivity index (χ1) is 13.1. The zero-order chi connectivity index (χ0) is 19.2. The van der Waals surface area contributed by atoms with Crippen LogP contribution in [0.3, 0.4) is 0 Å². The highest BCUT2D eigenvalue weighted by Crippen LogP contribution is 2.17. The van der Waals surface area contributed by atoms with E-state index in [4.69, 9.17) is 10.5 Å². The van der Waals surface area contributed by atoms with Crippen LogP contribution in [0.5, 0.6) is 0 Å². The van der Waals surface area contributed by atoms with Crippen LogP contribution < -0.4 is 5.73 Å². The molecule has 1 aromatic heterocycles. The Kier molecular flexibility index (Phi) is 6.63. The van der Waals surface area contributed by atoms with Gasteiger partial charge in [0.2, 0.25) is 0 Å². The van der Waals surface area contributed by atoms with Gasteiger partial charge >= 0.3 is 0 Å². The predicted molar refractivity (Wildman–Crippen MR) is 106 cm³/mol. The predicted octanol–water partition coefficient (Wildman–Crippen LogP) is 2.52. The van der Waals surface area contributed by atoms with Crippen molar-refractivity contribution in [3.63, 3.8) is 0 Å². The fourth-order valence-corrected chi connectivity index (χ4v) is 3.50. The Hall–Kier alpha value is -2.18. The Morgan fingerprint density at radius 1 is 1.22 bits per heavy atom. The lowest BCUT2D eigenvalue weighted by atomic mass is 10.1. The summed E-state index contributed by atoms with van der Waals surface area (Å²) >= 11 is 0. The minimum atomic E-state index is 0.105. The van der Waals surface area contributed by atoms with Gasteiger partial charge in [-0.15, -0.1) is 0 Å². The number of benzene rings is 1. The molecule has 3 rings (SSSR count). The molecule has 0 aliphatic carbocycles. The molecule has 1 fully saturated rings. The first-order valence-corrected chi connectivity index (χ1v) is 9.78. The van der Waals surface area contributed by atoms with Crippen molar-refractivity contribution in [2.24, 2.45) is 5.73 Å². The lowest BCUT2D eigenvalue weighted by Crippen LogP contribution is -2.41. The van der Waals surface area contributed by atoms with Gasteiger partial charge in [0, 0.05) is 31.0 Å². The molecular formula is C21H30N4O2. The van der Waals surface area contributed by atoms with E-state index >= 15 is 0 Å². The molecule has 1 aromatic carbocycles. The summed E-state index contributed by atoms with van der Waals surface area (Å²) in [6.07, 6.45) is 2.94. The summed E-state index contributed by atoms with van der Waals surface area (Å²) in [5.41, 5.74) is 9.55. The van der Waals surface area contributed by atoms with Gasteiger partial charge in [0.1, 0.15) is 0 Å². The molecule has 0 unspecified atom stereocenters. The van der Waals surface area contributed by atoms with E-state index in [-0.39, 0.29) is 12.0 Å². The number of aromatic nitrogens is 2. The molecule has 2 aromatic rings. The lowest BCUT2D eigenvalue weighted by Gasteiger charge is -2.32. The van der Waals surface area contributed by atoms with Crippen LogP contribution in [0, 0.1) is 13.8 Å². The minimum absolute atomic E-state index is 0.105. The van der Waals surface area contributed by atoms with Gasteiger partial charge in [-0.1, -0.05) is 12.1 Å². The molecule has 27 heavy (non-hydrogen) atoms. The third-order valence-electron chi connectivity index (χ3n) is 5.07. The molecule has 2 heterocycles. The third kappa shape index (κ3) is 5.17.